The molecule has 12 nitrogen and oxygen atoms in total. The molecule has 1 aromatic heterocycles. The lowest BCUT2D eigenvalue weighted by Crippen LogP contribution is -2.29. The molecule has 12 heteroatoms. The molecule has 0 amide bonds. The monoisotopic (exact) mass is 577 g/mol. The second-order valence-corrected chi connectivity index (χ2v) is 11.5. The number of nitro groups is 1. The number of para-hydroxylation sites is 1. The highest BCUT2D eigenvalue weighted by Gasteiger charge is 2.38. The molecule has 0 spiro atoms. The van der Waals surface area contributed by atoms with Crippen LogP contribution in [0.3, 0.4) is 0 Å². The van der Waals surface area contributed by atoms with Gasteiger partial charge in [0.15, 0.2) is 5.82 Å². The van der Waals surface area contributed by atoms with Crippen LogP contribution >= 0.6 is 0 Å². The molecule has 0 unspecified atom stereocenters. The Balaban J connectivity index is 1.78. The summed E-state index contributed by atoms with van der Waals surface area (Å²) in [5.74, 6) is 0.375. The average molecular weight is 578 g/mol. The van der Waals surface area contributed by atoms with E-state index in [1.807, 2.05) is 47.0 Å². The molecule has 4 rings (SSSR count). The van der Waals surface area contributed by atoms with E-state index in [0.717, 1.165) is 11.3 Å². The van der Waals surface area contributed by atoms with E-state index in [2.05, 4.69) is 30.2 Å². The fraction of sp³-hybridized carbons (Fsp3) is 0.433. The Morgan fingerprint density at radius 3 is 2.55 bits per heavy atom. The van der Waals surface area contributed by atoms with Crippen LogP contribution < -0.4 is 19.9 Å². The number of rotatable bonds is 11. The molecule has 3 aromatic rings. The molecule has 1 aliphatic rings. The second-order valence-electron chi connectivity index (χ2n) is 11.5. The number of ether oxygens (including phenoxy) is 2. The zero-order valence-corrected chi connectivity index (χ0v) is 25.5. The number of nitrogens with zero attached hydrogens (tertiary/aromatic N) is 6. The van der Waals surface area contributed by atoms with Gasteiger partial charge in [-0.1, -0.05) is 32.0 Å². The Labute approximate surface area is 246 Å². The third kappa shape index (κ3) is 6.38. The summed E-state index contributed by atoms with van der Waals surface area (Å²) < 4.78 is 11.1. The number of benzene rings is 2. The fourth-order valence-corrected chi connectivity index (χ4v) is 4.96. The van der Waals surface area contributed by atoms with Gasteiger partial charge in [-0.2, -0.15) is 4.98 Å². The number of hydrogen-bond acceptors (Lipinski definition) is 11. The van der Waals surface area contributed by atoms with Gasteiger partial charge >= 0.3 is 5.97 Å². The molecule has 0 radical (unpaired) electrons. The lowest BCUT2D eigenvalue weighted by Gasteiger charge is -2.24. The molecule has 0 saturated carbocycles. The number of carbonyl (C=O) groups is 1. The van der Waals surface area contributed by atoms with Gasteiger partial charge in [0, 0.05) is 56.1 Å². The molecule has 1 N–H and O–H groups in total. The zero-order chi connectivity index (χ0) is 30.8. The minimum Gasteiger partial charge on any atom is -0.494 e. The van der Waals surface area contributed by atoms with Crippen molar-refractivity contribution in [3.05, 3.63) is 63.8 Å². The molecule has 0 saturated heterocycles. The molecule has 0 fully saturated rings. The van der Waals surface area contributed by atoms with Gasteiger partial charge in [0.05, 0.1) is 23.8 Å². The van der Waals surface area contributed by atoms with Crippen molar-refractivity contribution in [1.29, 1.82) is 0 Å². The Kier molecular flexibility index (Phi) is 8.86. The lowest BCUT2D eigenvalue weighted by atomic mass is 9.87. The van der Waals surface area contributed by atoms with Crippen molar-refractivity contribution < 1.29 is 19.2 Å². The maximum absolute atomic E-state index is 13.1. The minimum atomic E-state index is -0.535. The summed E-state index contributed by atoms with van der Waals surface area (Å²) >= 11 is 0. The van der Waals surface area contributed by atoms with Gasteiger partial charge in [-0.3, -0.25) is 10.1 Å². The smallest absolute Gasteiger partial charge is 0.343 e. The van der Waals surface area contributed by atoms with E-state index in [-0.39, 0.29) is 28.7 Å². The highest BCUT2D eigenvalue weighted by atomic mass is 16.6. The maximum atomic E-state index is 13.1. The predicted octanol–water partition coefficient (Wildman–Crippen LogP) is 5.13. The molecular weight excluding hydrogens is 538 g/mol. The van der Waals surface area contributed by atoms with Crippen molar-refractivity contribution in [2.24, 2.45) is 0 Å². The predicted molar refractivity (Wildman–Crippen MR) is 164 cm³/mol. The number of nitrogens with one attached hydrogen (secondary N) is 1. The van der Waals surface area contributed by atoms with Gasteiger partial charge < -0.3 is 29.5 Å². The van der Waals surface area contributed by atoms with Crippen molar-refractivity contribution in [2.75, 3.05) is 63.0 Å². The van der Waals surface area contributed by atoms with Crippen molar-refractivity contribution in [2.45, 2.75) is 39.2 Å². The van der Waals surface area contributed by atoms with E-state index in [0.29, 0.717) is 42.6 Å². The quantitative estimate of drug-likeness (QED) is 0.185. The van der Waals surface area contributed by atoms with Crippen LogP contribution in [0.2, 0.25) is 0 Å². The van der Waals surface area contributed by atoms with Gasteiger partial charge in [-0.25, -0.2) is 9.78 Å². The summed E-state index contributed by atoms with van der Waals surface area (Å²) in [5, 5.41) is 15.2. The number of methoxy groups -OCH3 is 1. The van der Waals surface area contributed by atoms with E-state index in [1.54, 1.807) is 27.0 Å². The number of nitro benzene ring substituents is 1. The number of esters is 1. The van der Waals surface area contributed by atoms with Crippen LogP contribution in [0, 0.1) is 10.1 Å². The fourth-order valence-electron chi connectivity index (χ4n) is 4.96. The normalized spacial score (nSPS) is 13.7. The van der Waals surface area contributed by atoms with E-state index in [1.165, 1.54) is 19.4 Å². The van der Waals surface area contributed by atoms with E-state index < -0.39 is 10.9 Å². The first-order valence-electron chi connectivity index (χ1n) is 13.8. The summed E-state index contributed by atoms with van der Waals surface area (Å²) in [5.41, 5.74) is 2.74. The summed E-state index contributed by atoms with van der Waals surface area (Å²) in [7, 11) is 7.19. The Bertz CT molecular complexity index is 1470. The summed E-state index contributed by atoms with van der Waals surface area (Å²) in [6.45, 7) is 9.71. The van der Waals surface area contributed by atoms with Crippen LogP contribution in [0.25, 0.3) is 0 Å². The van der Waals surface area contributed by atoms with E-state index in [9.17, 15) is 14.9 Å². The molecule has 0 aliphatic carbocycles. The topological polar surface area (TPSA) is 126 Å². The SMILES string of the molecule is COc1cc(N(C)CCN(C)C)c([N+](=O)[O-])cc1Nc1ncc(C(=O)OC(C)C)c(N2CC(C)(C)c3ccccc32)n1. The molecule has 0 bridgehead atoms. The third-order valence-corrected chi connectivity index (χ3v) is 7.10. The summed E-state index contributed by atoms with van der Waals surface area (Å²) in [4.78, 5) is 39.8. The number of fused-ring (bicyclic) bond motifs is 1. The Morgan fingerprint density at radius 1 is 1.19 bits per heavy atom. The van der Waals surface area contributed by atoms with Crippen LogP contribution in [-0.4, -0.2) is 79.8 Å². The molecule has 2 aromatic carbocycles. The molecule has 1 aliphatic heterocycles. The summed E-state index contributed by atoms with van der Waals surface area (Å²) in [6.07, 6.45) is 1.10. The molecule has 42 heavy (non-hydrogen) atoms. The number of hydrogen-bond donors (Lipinski definition) is 1. The van der Waals surface area contributed by atoms with E-state index in [4.69, 9.17) is 14.5 Å². The molecule has 224 valence electrons. The lowest BCUT2D eigenvalue weighted by molar-refractivity contribution is -0.384. The number of likely N-dealkylation sites (N-methyl/N-ethyl adjacent to an activating group) is 2. The number of carbonyl (C=O) groups excluding carboxylic acids is 1. The highest BCUT2D eigenvalue weighted by Crippen LogP contribution is 2.45. The van der Waals surface area contributed by atoms with Gasteiger partial charge in [0.1, 0.15) is 17.0 Å². The van der Waals surface area contributed by atoms with Crippen molar-refractivity contribution in [3.8, 4) is 5.75 Å². The van der Waals surface area contributed by atoms with Crippen LogP contribution in [-0.2, 0) is 10.2 Å². The number of anilines is 5. The van der Waals surface area contributed by atoms with Crippen LogP contribution in [0.1, 0.15) is 43.6 Å². The van der Waals surface area contributed by atoms with Crippen LogP contribution in [0.5, 0.6) is 5.75 Å². The second kappa shape index (κ2) is 12.2. The maximum Gasteiger partial charge on any atom is 0.343 e. The Hall–Kier alpha value is -4.45. The first kappa shape index (κ1) is 30.5. The molecular formula is C30H39N7O5. The zero-order valence-electron chi connectivity index (χ0n) is 25.5. The number of aromatic nitrogens is 2. The highest BCUT2D eigenvalue weighted by molar-refractivity contribution is 5.96. The van der Waals surface area contributed by atoms with Gasteiger partial charge in [-0.15, -0.1) is 0 Å². The van der Waals surface area contributed by atoms with E-state index >= 15 is 0 Å². The van der Waals surface area contributed by atoms with Crippen molar-refractivity contribution in [3.63, 3.8) is 0 Å². The van der Waals surface area contributed by atoms with Gasteiger partial charge in [-0.05, 0) is 39.6 Å². The third-order valence-electron chi connectivity index (χ3n) is 7.10. The Morgan fingerprint density at radius 2 is 1.90 bits per heavy atom. The first-order valence-corrected chi connectivity index (χ1v) is 13.8. The minimum absolute atomic E-state index is 0.0906. The van der Waals surface area contributed by atoms with Gasteiger partial charge in [0.2, 0.25) is 5.95 Å². The van der Waals surface area contributed by atoms with Crippen LogP contribution in [0.4, 0.5) is 34.5 Å². The van der Waals surface area contributed by atoms with Crippen LogP contribution in [0.15, 0.2) is 42.6 Å². The standard InChI is InChI=1S/C30H39N7O5/c1-19(2)42-28(38)20-17-31-29(33-27(20)36-18-30(3,4)21-11-9-10-12-23(21)36)32-22-15-25(37(39)40)24(16-26(22)41-8)35(7)14-13-34(5)6/h9-12,15-17,19H,13-14,18H2,1-8H3,(H,31,32,33). The van der Waals surface area contributed by atoms with Crippen molar-refractivity contribution >= 4 is 40.5 Å². The largest absolute Gasteiger partial charge is 0.494 e. The molecule has 2 heterocycles. The average Bonchev–Trinajstić information content (AvgIpc) is 3.21. The summed E-state index contributed by atoms with van der Waals surface area (Å²) in [6, 6.07) is 11.0. The van der Waals surface area contributed by atoms with Crippen molar-refractivity contribution in [1.82, 2.24) is 14.9 Å². The molecule has 0 atom stereocenters. The van der Waals surface area contributed by atoms with Gasteiger partial charge in [0.25, 0.3) is 5.69 Å². The first-order chi connectivity index (χ1) is 19.8.